The number of fused-ring (bicyclic) bond motifs is 2. The summed E-state index contributed by atoms with van der Waals surface area (Å²) in [6.07, 6.45) is 7.50. The number of likely N-dealkylation sites (tertiary alicyclic amines) is 1. The average Bonchev–Trinajstić information content (AvgIpc) is 2.99. The highest BCUT2D eigenvalue weighted by atomic mass is 16.5. The molecule has 1 aromatic carbocycles. The van der Waals surface area contributed by atoms with E-state index in [9.17, 15) is 4.79 Å². The summed E-state index contributed by atoms with van der Waals surface area (Å²) in [5, 5.41) is 0. The Labute approximate surface area is 144 Å². The molecule has 0 radical (unpaired) electrons. The fraction of sp³-hybridized carbons (Fsp3) is 0.650. The van der Waals surface area contributed by atoms with Crippen molar-refractivity contribution < 1.29 is 14.3 Å². The third-order valence-electron chi connectivity index (χ3n) is 6.00. The number of methoxy groups -OCH3 is 1. The number of hydrogen-bond acceptors (Lipinski definition) is 3. The van der Waals surface area contributed by atoms with Crippen LogP contribution in [0, 0.1) is 11.8 Å². The first-order valence-electron chi connectivity index (χ1n) is 9.32. The Hall–Kier alpha value is -1.71. The Morgan fingerprint density at radius 3 is 2.79 bits per heavy atom. The van der Waals surface area contributed by atoms with Gasteiger partial charge in [0, 0.05) is 30.6 Å². The highest BCUT2D eigenvalue weighted by Crippen LogP contribution is 2.40. The van der Waals surface area contributed by atoms with Gasteiger partial charge in [0.25, 0.3) is 5.91 Å². The molecule has 1 saturated carbocycles. The fourth-order valence-corrected chi connectivity index (χ4v) is 4.74. The summed E-state index contributed by atoms with van der Waals surface area (Å²) in [5.74, 6) is 3.20. The number of carbonyl (C=O) groups excluding carboxylic acids is 1. The standard InChI is InChI=1S/C20H27NO3/c1-13-9-16-10-17(11-18(23-2)19(16)24-13)20(22)21-8-7-14-5-3-4-6-15(14)12-21/h10-11,13-15H,3-9,12H2,1-2H3/t13-,14+,15-/m1/s1. The van der Waals surface area contributed by atoms with Crippen molar-refractivity contribution in [2.75, 3.05) is 20.2 Å². The lowest BCUT2D eigenvalue weighted by molar-refractivity contribution is 0.0520. The van der Waals surface area contributed by atoms with E-state index in [1.807, 2.05) is 12.1 Å². The molecule has 0 aromatic heterocycles. The summed E-state index contributed by atoms with van der Waals surface area (Å²) < 4.78 is 11.3. The highest BCUT2D eigenvalue weighted by Gasteiger charge is 2.34. The zero-order valence-corrected chi connectivity index (χ0v) is 14.7. The van der Waals surface area contributed by atoms with E-state index in [1.54, 1.807) is 7.11 Å². The van der Waals surface area contributed by atoms with Gasteiger partial charge in [-0.05, 0) is 43.7 Å². The lowest BCUT2D eigenvalue weighted by Crippen LogP contribution is -2.44. The molecule has 0 bridgehead atoms. The fourth-order valence-electron chi connectivity index (χ4n) is 4.74. The molecule has 2 heterocycles. The van der Waals surface area contributed by atoms with Gasteiger partial charge in [0.05, 0.1) is 7.11 Å². The van der Waals surface area contributed by atoms with Crippen molar-refractivity contribution in [3.05, 3.63) is 23.3 Å². The van der Waals surface area contributed by atoms with Crippen LogP contribution in [0.1, 0.15) is 54.9 Å². The summed E-state index contributed by atoms with van der Waals surface area (Å²) in [5.41, 5.74) is 1.84. The van der Waals surface area contributed by atoms with Gasteiger partial charge in [-0.2, -0.15) is 0 Å². The lowest BCUT2D eigenvalue weighted by atomic mass is 9.75. The number of piperidine rings is 1. The Morgan fingerprint density at radius 1 is 1.21 bits per heavy atom. The van der Waals surface area contributed by atoms with Gasteiger partial charge in [-0.1, -0.05) is 19.3 Å². The van der Waals surface area contributed by atoms with Gasteiger partial charge >= 0.3 is 0 Å². The Balaban J connectivity index is 1.55. The molecule has 0 unspecified atom stereocenters. The first-order valence-corrected chi connectivity index (χ1v) is 9.32. The van der Waals surface area contributed by atoms with Crippen LogP contribution in [0.15, 0.2) is 12.1 Å². The van der Waals surface area contributed by atoms with Gasteiger partial charge in [-0.15, -0.1) is 0 Å². The van der Waals surface area contributed by atoms with Crippen LogP contribution < -0.4 is 9.47 Å². The highest BCUT2D eigenvalue weighted by molar-refractivity contribution is 5.95. The number of rotatable bonds is 2. The van der Waals surface area contributed by atoms with Crippen LogP contribution >= 0.6 is 0 Å². The van der Waals surface area contributed by atoms with Crippen LogP contribution in [0.4, 0.5) is 0 Å². The smallest absolute Gasteiger partial charge is 0.254 e. The van der Waals surface area contributed by atoms with E-state index in [1.165, 1.54) is 32.1 Å². The maximum atomic E-state index is 13.1. The molecule has 1 aromatic rings. The van der Waals surface area contributed by atoms with Gasteiger partial charge in [-0.3, -0.25) is 4.79 Å². The summed E-state index contributed by atoms with van der Waals surface area (Å²) >= 11 is 0. The van der Waals surface area contributed by atoms with Crippen LogP contribution in [0.3, 0.4) is 0 Å². The molecule has 1 saturated heterocycles. The monoisotopic (exact) mass is 329 g/mol. The average molecular weight is 329 g/mol. The second kappa shape index (κ2) is 6.30. The molecular formula is C20H27NO3. The van der Waals surface area contributed by atoms with E-state index in [2.05, 4.69) is 11.8 Å². The normalized spacial score (nSPS) is 28.8. The molecule has 4 heteroatoms. The van der Waals surface area contributed by atoms with Crippen LogP contribution in [0.5, 0.6) is 11.5 Å². The summed E-state index contributed by atoms with van der Waals surface area (Å²) in [6, 6.07) is 3.86. The van der Waals surface area contributed by atoms with E-state index in [-0.39, 0.29) is 12.0 Å². The van der Waals surface area contributed by atoms with E-state index in [0.29, 0.717) is 11.7 Å². The molecule has 3 atom stereocenters. The molecule has 2 aliphatic heterocycles. The van der Waals surface area contributed by atoms with Gasteiger partial charge in [0.15, 0.2) is 11.5 Å². The van der Waals surface area contributed by atoms with E-state index >= 15 is 0 Å². The second-order valence-electron chi connectivity index (χ2n) is 7.64. The molecule has 0 spiro atoms. The van der Waals surface area contributed by atoms with Crippen molar-refractivity contribution in [2.45, 2.75) is 51.6 Å². The number of carbonyl (C=O) groups is 1. The maximum absolute atomic E-state index is 13.1. The van der Waals surface area contributed by atoms with Gasteiger partial charge in [0.2, 0.25) is 0 Å². The zero-order valence-electron chi connectivity index (χ0n) is 14.7. The van der Waals surface area contributed by atoms with Crippen molar-refractivity contribution in [1.82, 2.24) is 4.90 Å². The van der Waals surface area contributed by atoms with E-state index < -0.39 is 0 Å². The Kier molecular flexibility index (Phi) is 4.15. The minimum atomic E-state index is 0.150. The Bertz CT molecular complexity index is 642. The van der Waals surface area contributed by atoms with Crippen molar-refractivity contribution in [2.24, 2.45) is 11.8 Å². The molecular weight excluding hydrogens is 302 g/mol. The molecule has 0 N–H and O–H groups in total. The number of hydrogen-bond donors (Lipinski definition) is 0. The minimum Gasteiger partial charge on any atom is -0.493 e. The molecule has 130 valence electrons. The lowest BCUT2D eigenvalue weighted by Gasteiger charge is -2.41. The summed E-state index contributed by atoms with van der Waals surface area (Å²) in [6.45, 7) is 3.87. The van der Waals surface area contributed by atoms with Crippen LogP contribution in [0.2, 0.25) is 0 Å². The predicted octanol–water partition coefficient (Wildman–Crippen LogP) is 3.67. The SMILES string of the molecule is COc1cc(C(=O)N2CC[C@@H]3CCCC[C@@H]3C2)cc2c1O[C@H](C)C2. The Morgan fingerprint density at radius 2 is 2.00 bits per heavy atom. The van der Waals surface area contributed by atoms with E-state index in [0.717, 1.165) is 42.3 Å². The first kappa shape index (κ1) is 15.8. The van der Waals surface area contributed by atoms with Crippen molar-refractivity contribution >= 4 is 5.91 Å². The third kappa shape index (κ3) is 2.76. The summed E-state index contributed by atoms with van der Waals surface area (Å²) in [7, 11) is 1.64. The predicted molar refractivity (Wildman–Crippen MR) is 92.8 cm³/mol. The van der Waals surface area contributed by atoms with Crippen molar-refractivity contribution in [1.29, 1.82) is 0 Å². The molecule has 1 aliphatic carbocycles. The number of ether oxygens (including phenoxy) is 2. The maximum Gasteiger partial charge on any atom is 0.254 e. The molecule has 1 amide bonds. The van der Waals surface area contributed by atoms with Gasteiger partial charge < -0.3 is 14.4 Å². The van der Waals surface area contributed by atoms with E-state index in [4.69, 9.17) is 9.47 Å². The minimum absolute atomic E-state index is 0.150. The zero-order chi connectivity index (χ0) is 16.7. The molecule has 24 heavy (non-hydrogen) atoms. The first-order chi connectivity index (χ1) is 11.7. The van der Waals surface area contributed by atoms with Gasteiger partial charge in [0.1, 0.15) is 6.10 Å². The summed E-state index contributed by atoms with van der Waals surface area (Å²) in [4.78, 5) is 15.1. The number of nitrogens with zero attached hydrogens (tertiary/aromatic N) is 1. The quantitative estimate of drug-likeness (QED) is 0.831. The third-order valence-corrected chi connectivity index (χ3v) is 6.00. The van der Waals surface area contributed by atoms with Crippen molar-refractivity contribution in [3.63, 3.8) is 0 Å². The topological polar surface area (TPSA) is 38.8 Å². The largest absolute Gasteiger partial charge is 0.493 e. The molecule has 4 rings (SSSR count). The molecule has 4 nitrogen and oxygen atoms in total. The molecule has 3 aliphatic rings. The number of amides is 1. The molecule has 2 fully saturated rings. The number of benzene rings is 1. The van der Waals surface area contributed by atoms with Crippen LogP contribution in [-0.4, -0.2) is 37.1 Å². The van der Waals surface area contributed by atoms with Crippen LogP contribution in [-0.2, 0) is 6.42 Å². The van der Waals surface area contributed by atoms with Crippen molar-refractivity contribution in [3.8, 4) is 11.5 Å². The van der Waals surface area contributed by atoms with Gasteiger partial charge in [-0.25, -0.2) is 0 Å². The second-order valence-corrected chi connectivity index (χ2v) is 7.64. The van der Waals surface area contributed by atoms with Crippen LogP contribution in [0.25, 0.3) is 0 Å².